The van der Waals surface area contributed by atoms with Crippen LogP contribution >= 0.6 is 0 Å². The van der Waals surface area contributed by atoms with Gasteiger partial charge in [0.1, 0.15) is 0 Å². The Kier molecular flexibility index (Phi) is 5.80. The molecular weight excluding hydrogens is 416 g/mol. The Morgan fingerprint density at radius 3 is 2.58 bits per heavy atom. The molecule has 8 heteroatoms. The summed E-state index contributed by atoms with van der Waals surface area (Å²) in [5, 5.41) is 11.9. The van der Waals surface area contributed by atoms with Crippen molar-refractivity contribution in [2.24, 2.45) is 0 Å². The fourth-order valence-corrected chi connectivity index (χ4v) is 4.84. The van der Waals surface area contributed by atoms with Gasteiger partial charge in [-0.15, -0.1) is 0 Å². The highest BCUT2D eigenvalue weighted by Gasteiger charge is 2.31. The van der Waals surface area contributed by atoms with Gasteiger partial charge in [-0.25, -0.2) is 9.67 Å². The van der Waals surface area contributed by atoms with Gasteiger partial charge in [0.25, 0.3) is 11.5 Å². The lowest BCUT2D eigenvalue weighted by atomic mass is 10.1. The van der Waals surface area contributed by atoms with Gasteiger partial charge in [-0.3, -0.25) is 14.7 Å². The molecule has 5 rings (SSSR count). The number of aromatic amines is 1. The lowest BCUT2D eigenvalue weighted by Crippen LogP contribution is -2.42. The first kappa shape index (κ1) is 21.2. The molecule has 2 aliphatic rings. The topological polar surface area (TPSA) is 98.0 Å². The SMILES string of the molecule is N#Cc1ccc(-c2c[nH]n(-c3ccc(C(=O)N4CCCC4CN4CCCC4)cn3)c2=O)cc1. The molecule has 2 aliphatic heterocycles. The van der Waals surface area contributed by atoms with Gasteiger partial charge < -0.3 is 9.80 Å². The summed E-state index contributed by atoms with van der Waals surface area (Å²) in [4.78, 5) is 34.9. The minimum Gasteiger partial charge on any atom is -0.334 e. The molecule has 1 amide bonds. The number of H-pyrrole nitrogens is 1. The molecule has 0 saturated carbocycles. The van der Waals surface area contributed by atoms with E-state index in [0.717, 1.165) is 44.6 Å². The first-order valence-electron chi connectivity index (χ1n) is 11.4. The van der Waals surface area contributed by atoms with Crippen molar-refractivity contribution in [2.45, 2.75) is 31.7 Å². The third kappa shape index (κ3) is 4.20. The number of amides is 1. The number of aromatic nitrogens is 3. The number of nitrogens with one attached hydrogen (secondary N) is 1. The second-order valence-electron chi connectivity index (χ2n) is 8.72. The van der Waals surface area contributed by atoms with Crippen LogP contribution in [0.4, 0.5) is 0 Å². The van der Waals surface area contributed by atoms with Crippen LogP contribution in [0.3, 0.4) is 0 Å². The van der Waals surface area contributed by atoms with Crippen LogP contribution in [0.15, 0.2) is 53.6 Å². The maximum absolute atomic E-state index is 13.2. The number of carbonyl (C=O) groups is 1. The molecule has 8 nitrogen and oxygen atoms in total. The maximum Gasteiger partial charge on any atom is 0.280 e. The molecule has 2 saturated heterocycles. The first-order valence-corrected chi connectivity index (χ1v) is 11.4. The summed E-state index contributed by atoms with van der Waals surface area (Å²) in [6.45, 7) is 3.99. The number of likely N-dealkylation sites (tertiary alicyclic amines) is 2. The van der Waals surface area contributed by atoms with Crippen LogP contribution in [0, 0.1) is 11.3 Å². The van der Waals surface area contributed by atoms with E-state index in [1.54, 1.807) is 48.8 Å². The van der Waals surface area contributed by atoms with E-state index in [1.165, 1.54) is 17.5 Å². The van der Waals surface area contributed by atoms with Gasteiger partial charge in [0, 0.05) is 31.5 Å². The number of hydrogen-bond donors (Lipinski definition) is 1. The summed E-state index contributed by atoms with van der Waals surface area (Å²) < 4.78 is 1.35. The van der Waals surface area contributed by atoms with Gasteiger partial charge in [-0.1, -0.05) is 12.1 Å². The minimum absolute atomic E-state index is 0.00727. The van der Waals surface area contributed by atoms with Crippen LogP contribution in [0.2, 0.25) is 0 Å². The highest BCUT2D eigenvalue weighted by Crippen LogP contribution is 2.23. The fraction of sp³-hybridized carbons (Fsp3) is 0.360. The average Bonchev–Trinajstić information content (AvgIpc) is 3.61. The van der Waals surface area contributed by atoms with Crippen molar-refractivity contribution < 1.29 is 4.79 Å². The molecule has 168 valence electrons. The van der Waals surface area contributed by atoms with Crippen LogP contribution in [0.5, 0.6) is 0 Å². The Bertz CT molecular complexity index is 1230. The van der Waals surface area contributed by atoms with Gasteiger partial charge in [0.15, 0.2) is 5.82 Å². The van der Waals surface area contributed by atoms with Crippen molar-refractivity contribution in [1.29, 1.82) is 5.26 Å². The number of rotatable bonds is 5. The normalized spacial score (nSPS) is 18.5. The maximum atomic E-state index is 13.2. The van der Waals surface area contributed by atoms with E-state index in [9.17, 15) is 9.59 Å². The van der Waals surface area contributed by atoms with Crippen molar-refractivity contribution in [3.63, 3.8) is 0 Å². The number of nitriles is 1. The van der Waals surface area contributed by atoms with Crippen LogP contribution in [-0.2, 0) is 0 Å². The van der Waals surface area contributed by atoms with Gasteiger partial charge in [0.2, 0.25) is 0 Å². The second-order valence-corrected chi connectivity index (χ2v) is 8.72. The molecule has 0 aliphatic carbocycles. The monoisotopic (exact) mass is 442 g/mol. The lowest BCUT2D eigenvalue weighted by molar-refractivity contribution is 0.0708. The predicted octanol–water partition coefficient (Wildman–Crippen LogP) is 2.80. The van der Waals surface area contributed by atoms with Crippen molar-refractivity contribution in [3.05, 3.63) is 70.3 Å². The summed E-state index contributed by atoms with van der Waals surface area (Å²) in [5.74, 6) is 0.430. The lowest BCUT2D eigenvalue weighted by Gasteiger charge is -2.28. The van der Waals surface area contributed by atoms with Gasteiger partial charge in [-0.05, 0) is 68.6 Å². The summed E-state index contributed by atoms with van der Waals surface area (Å²) in [6.07, 6.45) is 7.75. The molecule has 1 aromatic carbocycles. The molecule has 0 bridgehead atoms. The van der Waals surface area contributed by atoms with E-state index in [0.29, 0.717) is 22.5 Å². The van der Waals surface area contributed by atoms with Gasteiger partial charge in [-0.2, -0.15) is 5.26 Å². The van der Waals surface area contributed by atoms with E-state index < -0.39 is 0 Å². The second kappa shape index (κ2) is 9.04. The molecule has 0 spiro atoms. The van der Waals surface area contributed by atoms with Crippen molar-refractivity contribution in [3.8, 4) is 23.0 Å². The van der Waals surface area contributed by atoms with Crippen LogP contribution in [-0.4, -0.2) is 62.7 Å². The molecule has 0 radical (unpaired) electrons. The summed E-state index contributed by atoms with van der Waals surface area (Å²) in [6, 6.07) is 12.6. The Morgan fingerprint density at radius 2 is 1.88 bits per heavy atom. The molecule has 1 N–H and O–H groups in total. The molecule has 4 heterocycles. The molecule has 1 unspecified atom stereocenters. The smallest absolute Gasteiger partial charge is 0.280 e. The van der Waals surface area contributed by atoms with E-state index >= 15 is 0 Å². The van der Waals surface area contributed by atoms with Crippen LogP contribution < -0.4 is 5.56 Å². The highest BCUT2D eigenvalue weighted by atomic mass is 16.2. The zero-order valence-corrected chi connectivity index (χ0v) is 18.4. The predicted molar refractivity (Wildman–Crippen MR) is 124 cm³/mol. The average molecular weight is 443 g/mol. The summed E-state index contributed by atoms with van der Waals surface area (Å²) in [7, 11) is 0. The third-order valence-electron chi connectivity index (χ3n) is 6.63. The number of benzene rings is 1. The van der Waals surface area contributed by atoms with Crippen molar-refractivity contribution >= 4 is 5.91 Å². The molecule has 3 aromatic rings. The Balaban J connectivity index is 1.32. The Morgan fingerprint density at radius 1 is 1.09 bits per heavy atom. The van der Waals surface area contributed by atoms with Crippen LogP contribution in [0.1, 0.15) is 41.6 Å². The first-order chi connectivity index (χ1) is 16.1. The molecule has 33 heavy (non-hydrogen) atoms. The van der Waals surface area contributed by atoms with E-state index in [4.69, 9.17) is 5.26 Å². The minimum atomic E-state index is -0.239. The van der Waals surface area contributed by atoms with Crippen molar-refractivity contribution in [2.75, 3.05) is 26.2 Å². The highest BCUT2D eigenvalue weighted by molar-refractivity contribution is 5.94. The number of hydrogen-bond acceptors (Lipinski definition) is 5. The van der Waals surface area contributed by atoms with Crippen LogP contribution in [0.25, 0.3) is 16.9 Å². The molecular formula is C25H26N6O2. The summed E-state index contributed by atoms with van der Waals surface area (Å²) >= 11 is 0. The summed E-state index contributed by atoms with van der Waals surface area (Å²) in [5.41, 5.74) is 2.05. The molecule has 2 fully saturated rings. The van der Waals surface area contributed by atoms with E-state index in [-0.39, 0.29) is 17.5 Å². The van der Waals surface area contributed by atoms with Crippen molar-refractivity contribution in [1.82, 2.24) is 24.6 Å². The number of carbonyl (C=O) groups excluding carboxylic acids is 1. The number of nitrogens with zero attached hydrogens (tertiary/aromatic N) is 5. The zero-order chi connectivity index (χ0) is 22.8. The third-order valence-corrected chi connectivity index (χ3v) is 6.63. The van der Waals surface area contributed by atoms with Gasteiger partial charge >= 0.3 is 0 Å². The van der Waals surface area contributed by atoms with E-state index in [1.807, 2.05) is 4.90 Å². The zero-order valence-electron chi connectivity index (χ0n) is 18.4. The molecule has 2 aromatic heterocycles. The Hall–Kier alpha value is -3.70. The number of pyridine rings is 1. The van der Waals surface area contributed by atoms with Gasteiger partial charge in [0.05, 0.1) is 22.8 Å². The fourth-order valence-electron chi connectivity index (χ4n) is 4.84. The standard InChI is InChI=1S/C25H26N6O2/c26-14-18-5-7-19(8-6-18)22-16-28-31(25(22)33)23-10-9-20(15-27-23)24(32)30-13-3-4-21(30)17-29-11-1-2-12-29/h5-10,15-16,21,28H,1-4,11-13,17H2. The largest absolute Gasteiger partial charge is 0.334 e. The molecule has 1 atom stereocenters. The Labute approximate surface area is 192 Å². The quantitative estimate of drug-likeness (QED) is 0.655. The van der Waals surface area contributed by atoms with E-state index in [2.05, 4.69) is 21.1 Å².